The lowest BCUT2D eigenvalue weighted by Gasteiger charge is -2.39. The number of piperazine rings is 2. The summed E-state index contributed by atoms with van der Waals surface area (Å²) >= 11 is 0. The van der Waals surface area contributed by atoms with E-state index in [1.165, 1.54) is 6.42 Å². The van der Waals surface area contributed by atoms with Crippen molar-refractivity contribution in [2.75, 3.05) is 52.6 Å². The van der Waals surface area contributed by atoms with Crippen LogP contribution in [0.2, 0.25) is 0 Å². The van der Waals surface area contributed by atoms with Crippen LogP contribution < -0.4 is 10.6 Å². The Bertz CT molecular complexity index is 313. The number of rotatable bonds is 0. The molecule has 0 saturated carbocycles. The number of carbonyl (C=O) groups excluding carboxylic acids is 1. The Hall–Kier alpha value is -0.690. The lowest BCUT2D eigenvalue weighted by Crippen LogP contribution is -2.54. The van der Waals surface area contributed by atoms with E-state index in [2.05, 4.69) is 15.5 Å². The standard InChI is InChI=1S/C7H14N2O.C7H12N2O/c1-4-10-6-9-3-2-8-5-7(1)9;10-7-2-1-6-5-8-3-4-9(6)7/h7-8H,1-6H2;6,8H,1-5H2/t;6-/m.1/s1. The van der Waals surface area contributed by atoms with Crippen LogP contribution in [0.5, 0.6) is 0 Å². The van der Waals surface area contributed by atoms with Gasteiger partial charge in [0.2, 0.25) is 5.91 Å². The molecule has 4 aliphatic heterocycles. The van der Waals surface area contributed by atoms with Crippen molar-refractivity contribution in [1.82, 2.24) is 20.4 Å². The average molecular weight is 282 g/mol. The van der Waals surface area contributed by atoms with E-state index in [4.69, 9.17) is 4.74 Å². The van der Waals surface area contributed by atoms with Crippen LogP contribution in [0, 0.1) is 0 Å². The molecule has 4 aliphatic rings. The molecule has 0 aromatic rings. The largest absolute Gasteiger partial charge is 0.366 e. The number of nitrogens with one attached hydrogen (secondary N) is 2. The smallest absolute Gasteiger partial charge is 0.222 e. The highest BCUT2D eigenvalue weighted by atomic mass is 16.5. The maximum Gasteiger partial charge on any atom is 0.222 e. The molecule has 20 heavy (non-hydrogen) atoms. The van der Waals surface area contributed by atoms with E-state index in [9.17, 15) is 4.79 Å². The lowest BCUT2D eigenvalue weighted by atomic mass is 10.1. The first kappa shape index (κ1) is 14.3. The van der Waals surface area contributed by atoms with Crippen LogP contribution in [0.4, 0.5) is 0 Å². The molecule has 2 N–H and O–H groups in total. The second-order valence-corrected chi connectivity index (χ2v) is 5.98. The number of ether oxygens (including phenoxy) is 1. The summed E-state index contributed by atoms with van der Waals surface area (Å²) in [6.45, 7) is 8.14. The molecule has 1 unspecified atom stereocenters. The van der Waals surface area contributed by atoms with Crippen molar-refractivity contribution in [2.24, 2.45) is 0 Å². The Morgan fingerprint density at radius 1 is 1.05 bits per heavy atom. The van der Waals surface area contributed by atoms with Crippen LogP contribution in [0.25, 0.3) is 0 Å². The molecular formula is C14H26N4O2. The minimum atomic E-state index is 0.353. The number of nitrogens with zero attached hydrogens (tertiary/aromatic N) is 2. The van der Waals surface area contributed by atoms with Crippen molar-refractivity contribution in [3.05, 3.63) is 0 Å². The molecule has 0 bridgehead atoms. The molecule has 114 valence electrons. The first-order valence-corrected chi connectivity index (χ1v) is 7.87. The molecule has 4 heterocycles. The van der Waals surface area contributed by atoms with Crippen LogP contribution >= 0.6 is 0 Å². The second-order valence-electron chi connectivity index (χ2n) is 5.98. The highest BCUT2D eigenvalue weighted by Crippen LogP contribution is 2.18. The molecule has 4 saturated heterocycles. The maximum absolute atomic E-state index is 11.1. The zero-order chi connectivity index (χ0) is 13.8. The predicted octanol–water partition coefficient (Wildman–Crippen LogP) is -0.781. The zero-order valence-corrected chi connectivity index (χ0v) is 12.1. The maximum atomic E-state index is 11.1. The van der Waals surface area contributed by atoms with Gasteiger partial charge in [0.15, 0.2) is 0 Å². The SMILES string of the molecule is C1CN2COCCC2CN1.O=C1CC[C@@H]2CNCCN12. The molecule has 4 fully saturated rings. The summed E-state index contributed by atoms with van der Waals surface area (Å²) < 4.78 is 5.34. The van der Waals surface area contributed by atoms with E-state index >= 15 is 0 Å². The van der Waals surface area contributed by atoms with Crippen LogP contribution in [-0.4, -0.2) is 80.4 Å². The Balaban J connectivity index is 0.000000121. The van der Waals surface area contributed by atoms with Gasteiger partial charge in [-0.3, -0.25) is 9.69 Å². The van der Waals surface area contributed by atoms with Crippen LogP contribution in [0.15, 0.2) is 0 Å². The first-order valence-electron chi connectivity index (χ1n) is 7.87. The van der Waals surface area contributed by atoms with Crippen molar-refractivity contribution in [3.8, 4) is 0 Å². The second kappa shape index (κ2) is 6.85. The molecule has 0 aromatic heterocycles. The molecule has 0 aromatic carbocycles. The average Bonchev–Trinajstić information content (AvgIpc) is 2.90. The van der Waals surface area contributed by atoms with E-state index in [1.807, 2.05) is 4.90 Å². The normalized spacial score (nSPS) is 34.0. The van der Waals surface area contributed by atoms with E-state index in [1.54, 1.807) is 0 Å². The van der Waals surface area contributed by atoms with Crippen molar-refractivity contribution >= 4 is 5.91 Å². The molecule has 0 spiro atoms. The number of amides is 1. The summed E-state index contributed by atoms with van der Waals surface area (Å²) in [4.78, 5) is 15.5. The number of carbonyl (C=O) groups is 1. The van der Waals surface area contributed by atoms with Gasteiger partial charge < -0.3 is 20.3 Å². The summed E-state index contributed by atoms with van der Waals surface area (Å²) in [5, 5.41) is 6.67. The molecule has 2 atom stereocenters. The molecule has 4 rings (SSSR count). The van der Waals surface area contributed by atoms with Crippen LogP contribution in [-0.2, 0) is 9.53 Å². The van der Waals surface area contributed by atoms with Crippen LogP contribution in [0.3, 0.4) is 0 Å². The topological polar surface area (TPSA) is 56.8 Å². The Morgan fingerprint density at radius 2 is 1.85 bits per heavy atom. The van der Waals surface area contributed by atoms with Crippen molar-refractivity contribution in [3.63, 3.8) is 0 Å². The third kappa shape index (κ3) is 3.31. The van der Waals surface area contributed by atoms with Gasteiger partial charge in [-0.1, -0.05) is 0 Å². The molecular weight excluding hydrogens is 256 g/mol. The van der Waals surface area contributed by atoms with Gasteiger partial charge in [-0.2, -0.15) is 0 Å². The fourth-order valence-corrected chi connectivity index (χ4v) is 3.44. The van der Waals surface area contributed by atoms with E-state index in [0.29, 0.717) is 11.9 Å². The summed E-state index contributed by atoms with van der Waals surface area (Å²) in [6.07, 6.45) is 3.03. The fraction of sp³-hybridized carbons (Fsp3) is 0.929. The Labute approximate surface area is 120 Å². The Kier molecular flexibility index (Phi) is 4.88. The molecule has 6 heteroatoms. The van der Waals surface area contributed by atoms with Crippen molar-refractivity contribution in [1.29, 1.82) is 0 Å². The number of hydrogen-bond acceptors (Lipinski definition) is 5. The van der Waals surface area contributed by atoms with Gasteiger partial charge in [0.1, 0.15) is 0 Å². The summed E-state index contributed by atoms with van der Waals surface area (Å²) in [5.74, 6) is 0.353. The number of hydrogen-bond donors (Lipinski definition) is 2. The molecule has 0 aliphatic carbocycles. The third-order valence-electron chi connectivity index (χ3n) is 4.69. The zero-order valence-electron chi connectivity index (χ0n) is 12.1. The summed E-state index contributed by atoms with van der Waals surface area (Å²) in [5.41, 5.74) is 0. The van der Waals surface area contributed by atoms with Gasteiger partial charge in [-0.15, -0.1) is 0 Å². The van der Waals surface area contributed by atoms with Crippen LogP contribution in [0.1, 0.15) is 19.3 Å². The third-order valence-corrected chi connectivity index (χ3v) is 4.69. The van der Waals surface area contributed by atoms with E-state index < -0.39 is 0 Å². The monoisotopic (exact) mass is 282 g/mol. The minimum absolute atomic E-state index is 0.353. The van der Waals surface area contributed by atoms with E-state index in [-0.39, 0.29) is 0 Å². The van der Waals surface area contributed by atoms with Crippen molar-refractivity contribution < 1.29 is 9.53 Å². The minimum Gasteiger partial charge on any atom is -0.366 e. The van der Waals surface area contributed by atoms with Gasteiger partial charge in [0, 0.05) is 64.4 Å². The Morgan fingerprint density at radius 3 is 2.65 bits per heavy atom. The molecule has 0 radical (unpaired) electrons. The highest BCUT2D eigenvalue weighted by molar-refractivity contribution is 5.78. The van der Waals surface area contributed by atoms with E-state index in [0.717, 1.165) is 71.5 Å². The van der Waals surface area contributed by atoms with Gasteiger partial charge >= 0.3 is 0 Å². The van der Waals surface area contributed by atoms with Crippen molar-refractivity contribution in [2.45, 2.75) is 31.3 Å². The lowest BCUT2D eigenvalue weighted by molar-refractivity contribution is -0.129. The summed E-state index contributed by atoms with van der Waals surface area (Å²) in [6, 6.07) is 1.27. The fourth-order valence-electron chi connectivity index (χ4n) is 3.44. The van der Waals surface area contributed by atoms with Gasteiger partial charge in [-0.25, -0.2) is 0 Å². The van der Waals surface area contributed by atoms with Gasteiger partial charge in [-0.05, 0) is 12.8 Å². The summed E-state index contributed by atoms with van der Waals surface area (Å²) in [7, 11) is 0. The van der Waals surface area contributed by atoms with Gasteiger partial charge in [0.05, 0.1) is 6.73 Å². The number of fused-ring (bicyclic) bond motifs is 2. The predicted molar refractivity (Wildman–Crippen MR) is 76.4 cm³/mol. The first-order chi connectivity index (χ1) is 9.84. The molecule has 1 amide bonds. The highest BCUT2D eigenvalue weighted by Gasteiger charge is 2.32. The molecule has 6 nitrogen and oxygen atoms in total. The van der Waals surface area contributed by atoms with Gasteiger partial charge in [0.25, 0.3) is 0 Å². The quantitative estimate of drug-likeness (QED) is 0.610.